The summed E-state index contributed by atoms with van der Waals surface area (Å²) in [5.41, 5.74) is 2.43. The molecule has 3 heterocycles. The van der Waals surface area contributed by atoms with Crippen molar-refractivity contribution in [2.24, 2.45) is 0 Å². The Kier molecular flexibility index (Phi) is 1.69. The van der Waals surface area contributed by atoms with Crippen LogP contribution in [0.2, 0.25) is 0 Å². The van der Waals surface area contributed by atoms with Gasteiger partial charge in [0.05, 0.1) is 17.8 Å². The van der Waals surface area contributed by atoms with E-state index in [0.29, 0.717) is 5.69 Å². The molecule has 0 bridgehead atoms. The van der Waals surface area contributed by atoms with Gasteiger partial charge in [-0.2, -0.15) is 0 Å². The van der Waals surface area contributed by atoms with Crippen molar-refractivity contribution < 1.29 is 5.11 Å². The molecule has 0 saturated carbocycles. The van der Waals surface area contributed by atoms with Gasteiger partial charge in [0.15, 0.2) is 0 Å². The molecule has 0 unspecified atom stereocenters. The number of hydrogen-bond donors (Lipinski definition) is 1. The van der Waals surface area contributed by atoms with Gasteiger partial charge in [-0.25, -0.2) is 4.98 Å². The number of hydrogen-bond acceptors (Lipinski definition) is 3. The zero-order valence-corrected chi connectivity index (χ0v) is 7.96. The number of aliphatic hydroxyl groups excluding tert-OH is 1. The van der Waals surface area contributed by atoms with E-state index in [1.165, 1.54) is 0 Å². The number of imidazole rings is 1. The first-order chi connectivity index (χ1) is 7.38. The van der Waals surface area contributed by atoms with E-state index in [4.69, 9.17) is 5.11 Å². The van der Waals surface area contributed by atoms with Gasteiger partial charge in [0, 0.05) is 24.0 Å². The van der Waals surface area contributed by atoms with Gasteiger partial charge in [0.1, 0.15) is 5.65 Å². The second kappa shape index (κ2) is 3.03. The summed E-state index contributed by atoms with van der Waals surface area (Å²) in [5.74, 6) is 0. The second-order valence-electron chi connectivity index (χ2n) is 3.37. The smallest absolute Gasteiger partial charge is 0.146 e. The van der Waals surface area contributed by atoms with Crippen LogP contribution in [0.3, 0.4) is 0 Å². The summed E-state index contributed by atoms with van der Waals surface area (Å²) in [5, 5.41) is 10.0. The molecule has 0 aromatic carbocycles. The summed E-state index contributed by atoms with van der Waals surface area (Å²) in [6.07, 6.45) is 5.48. The van der Waals surface area contributed by atoms with Crippen molar-refractivity contribution in [1.82, 2.24) is 14.4 Å². The van der Waals surface area contributed by atoms with Crippen LogP contribution in [-0.2, 0) is 6.61 Å². The van der Waals surface area contributed by atoms with E-state index < -0.39 is 0 Å². The molecule has 0 saturated heterocycles. The van der Waals surface area contributed by atoms with E-state index >= 15 is 0 Å². The fourth-order valence-electron chi connectivity index (χ4n) is 1.72. The molecule has 3 aromatic heterocycles. The largest absolute Gasteiger partial charge is 0.390 e. The van der Waals surface area contributed by atoms with Crippen LogP contribution in [0, 0.1) is 0 Å². The van der Waals surface area contributed by atoms with Gasteiger partial charge in [0.25, 0.3) is 0 Å². The van der Waals surface area contributed by atoms with Crippen molar-refractivity contribution in [2.75, 3.05) is 0 Å². The number of nitrogens with zero attached hydrogens (tertiary/aromatic N) is 3. The Bertz CT molecular complexity index is 630. The molecule has 15 heavy (non-hydrogen) atoms. The molecule has 4 heteroatoms. The van der Waals surface area contributed by atoms with Gasteiger partial charge < -0.3 is 9.51 Å². The lowest BCUT2D eigenvalue weighted by Crippen LogP contribution is -1.85. The lowest BCUT2D eigenvalue weighted by atomic mass is 10.2. The van der Waals surface area contributed by atoms with E-state index in [9.17, 15) is 0 Å². The molecule has 0 radical (unpaired) electrons. The Hall–Kier alpha value is -1.94. The first-order valence-corrected chi connectivity index (χ1v) is 4.70. The normalized spacial score (nSPS) is 11.3. The average molecular weight is 199 g/mol. The first-order valence-electron chi connectivity index (χ1n) is 4.70. The number of aliphatic hydroxyl groups is 1. The highest BCUT2D eigenvalue weighted by Gasteiger charge is 2.04. The molecule has 74 valence electrons. The molecule has 0 aliphatic heterocycles. The molecule has 0 aliphatic rings. The van der Waals surface area contributed by atoms with E-state index in [0.717, 1.165) is 16.6 Å². The molecule has 1 N–H and O–H groups in total. The Balaban J connectivity index is 2.47. The topological polar surface area (TPSA) is 50.4 Å². The van der Waals surface area contributed by atoms with Crippen LogP contribution in [0.5, 0.6) is 0 Å². The fraction of sp³-hybridized carbons (Fsp3) is 0.0909. The van der Waals surface area contributed by atoms with Crippen molar-refractivity contribution in [3.8, 4) is 0 Å². The lowest BCUT2D eigenvalue weighted by Gasteiger charge is -1.97. The Labute approximate surface area is 85.8 Å². The Morgan fingerprint density at radius 3 is 3.13 bits per heavy atom. The van der Waals surface area contributed by atoms with E-state index in [-0.39, 0.29) is 6.61 Å². The van der Waals surface area contributed by atoms with E-state index in [2.05, 4.69) is 9.97 Å². The van der Waals surface area contributed by atoms with Crippen LogP contribution in [0.25, 0.3) is 16.6 Å². The number of aromatic nitrogens is 3. The predicted octanol–water partition coefficient (Wildman–Crippen LogP) is 1.37. The SMILES string of the molecule is OCc1cn2ccc3ncccc3c2n1. The van der Waals surface area contributed by atoms with Crippen LogP contribution < -0.4 is 0 Å². The van der Waals surface area contributed by atoms with Gasteiger partial charge in [-0.1, -0.05) is 0 Å². The monoisotopic (exact) mass is 199 g/mol. The maximum absolute atomic E-state index is 9.02. The lowest BCUT2D eigenvalue weighted by molar-refractivity contribution is 0.277. The molecule has 4 nitrogen and oxygen atoms in total. The second-order valence-corrected chi connectivity index (χ2v) is 3.37. The highest BCUT2D eigenvalue weighted by Crippen LogP contribution is 2.17. The van der Waals surface area contributed by atoms with E-state index in [1.807, 2.05) is 35.0 Å². The minimum Gasteiger partial charge on any atom is -0.390 e. The van der Waals surface area contributed by atoms with Crippen LogP contribution in [0.1, 0.15) is 5.69 Å². The third kappa shape index (κ3) is 1.19. The van der Waals surface area contributed by atoms with Crippen molar-refractivity contribution in [2.45, 2.75) is 6.61 Å². The van der Waals surface area contributed by atoms with Crippen molar-refractivity contribution in [1.29, 1.82) is 0 Å². The standard InChI is InChI=1S/C11H9N3O/c15-7-8-6-14-5-3-10-9(11(14)13-8)2-1-4-12-10/h1-6,15H,7H2. The predicted molar refractivity (Wildman–Crippen MR) is 56.4 cm³/mol. The zero-order chi connectivity index (χ0) is 10.3. The molecular weight excluding hydrogens is 190 g/mol. The summed E-state index contributed by atoms with van der Waals surface area (Å²) >= 11 is 0. The summed E-state index contributed by atoms with van der Waals surface area (Å²) in [6, 6.07) is 5.80. The quantitative estimate of drug-likeness (QED) is 0.644. The van der Waals surface area contributed by atoms with Gasteiger partial charge in [0.2, 0.25) is 0 Å². The first kappa shape index (κ1) is 8.38. The minimum atomic E-state index is -0.0383. The summed E-state index contributed by atoms with van der Waals surface area (Å²) in [7, 11) is 0. The third-order valence-electron chi connectivity index (χ3n) is 2.42. The van der Waals surface area contributed by atoms with E-state index in [1.54, 1.807) is 6.20 Å². The Morgan fingerprint density at radius 2 is 2.27 bits per heavy atom. The number of fused-ring (bicyclic) bond motifs is 3. The fourth-order valence-corrected chi connectivity index (χ4v) is 1.72. The molecule has 0 atom stereocenters. The maximum Gasteiger partial charge on any atom is 0.146 e. The van der Waals surface area contributed by atoms with Gasteiger partial charge in [-0.3, -0.25) is 4.98 Å². The van der Waals surface area contributed by atoms with Crippen LogP contribution in [-0.4, -0.2) is 19.5 Å². The van der Waals surface area contributed by atoms with Crippen molar-refractivity contribution in [3.05, 3.63) is 42.5 Å². The molecule has 3 aromatic rings. The van der Waals surface area contributed by atoms with Gasteiger partial charge >= 0.3 is 0 Å². The van der Waals surface area contributed by atoms with Crippen LogP contribution in [0.15, 0.2) is 36.8 Å². The molecular formula is C11H9N3O. The summed E-state index contributed by atoms with van der Waals surface area (Å²) < 4.78 is 1.90. The minimum absolute atomic E-state index is 0.0383. The van der Waals surface area contributed by atoms with Crippen molar-refractivity contribution in [3.63, 3.8) is 0 Å². The molecule has 0 aliphatic carbocycles. The summed E-state index contributed by atoms with van der Waals surface area (Å²) in [6.45, 7) is -0.0383. The molecule has 3 rings (SSSR count). The van der Waals surface area contributed by atoms with Gasteiger partial charge in [-0.15, -0.1) is 0 Å². The van der Waals surface area contributed by atoms with Crippen LogP contribution >= 0.6 is 0 Å². The summed E-state index contributed by atoms with van der Waals surface area (Å²) in [4.78, 5) is 8.58. The third-order valence-corrected chi connectivity index (χ3v) is 2.42. The maximum atomic E-state index is 9.02. The number of pyridine rings is 2. The zero-order valence-electron chi connectivity index (χ0n) is 7.96. The highest BCUT2D eigenvalue weighted by atomic mass is 16.3. The van der Waals surface area contributed by atoms with Crippen molar-refractivity contribution >= 4 is 16.6 Å². The molecule has 0 spiro atoms. The molecule has 0 fully saturated rings. The molecule has 0 amide bonds. The van der Waals surface area contributed by atoms with Gasteiger partial charge in [-0.05, 0) is 18.2 Å². The van der Waals surface area contributed by atoms with Crippen LogP contribution in [0.4, 0.5) is 0 Å². The number of rotatable bonds is 1. The average Bonchev–Trinajstić information content (AvgIpc) is 2.72. The highest BCUT2D eigenvalue weighted by molar-refractivity contribution is 5.91. The Morgan fingerprint density at radius 1 is 1.33 bits per heavy atom.